The Labute approximate surface area is 99.2 Å². The van der Waals surface area contributed by atoms with Crippen molar-refractivity contribution < 1.29 is 9.47 Å². The Morgan fingerprint density at radius 1 is 1.12 bits per heavy atom. The van der Waals surface area contributed by atoms with Crippen molar-refractivity contribution in [2.45, 2.75) is 6.92 Å². The molecule has 2 rings (SSSR count). The Morgan fingerprint density at radius 2 is 1.88 bits per heavy atom. The number of nitrogens with two attached hydrogens (primary N) is 1. The van der Waals surface area contributed by atoms with Gasteiger partial charge in [0, 0.05) is 17.8 Å². The molecule has 0 spiro atoms. The number of ether oxygens (including phenoxy) is 2. The fourth-order valence-electron chi connectivity index (χ4n) is 1.40. The first-order chi connectivity index (χ1) is 8.17. The molecule has 0 aliphatic rings. The van der Waals surface area contributed by atoms with Crippen molar-refractivity contribution in [1.29, 1.82) is 0 Å². The summed E-state index contributed by atoms with van der Waals surface area (Å²) >= 11 is 0. The number of aryl methyl sites for hydroxylation is 1. The van der Waals surface area contributed by atoms with Crippen molar-refractivity contribution in [2.24, 2.45) is 0 Å². The highest BCUT2D eigenvalue weighted by Crippen LogP contribution is 2.24. The number of benzene rings is 1. The Kier molecular flexibility index (Phi) is 3.09. The van der Waals surface area contributed by atoms with Crippen LogP contribution in [0.2, 0.25) is 0 Å². The first-order valence-corrected chi connectivity index (χ1v) is 5.10. The number of anilines is 1. The zero-order chi connectivity index (χ0) is 12.3. The summed E-state index contributed by atoms with van der Waals surface area (Å²) in [6, 6.07) is 8.98. The topological polar surface area (TPSA) is 70.3 Å². The van der Waals surface area contributed by atoms with Crippen LogP contribution in [-0.2, 0) is 0 Å². The van der Waals surface area contributed by atoms with Crippen LogP contribution in [0.15, 0.2) is 30.3 Å². The average Bonchev–Trinajstić information content (AvgIpc) is 2.28. The second kappa shape index (κ2) is 4.69. The minimum atomic E-state index is 0.197. The number of nitrogens with zero attached hydrogens (tertiary/aromatic N) is 2. The van der Waals surface area contributed by atoms with Crippen molar-refractivity contribution >= 4 is 5.95 Å². The van der Waals surface area contributed by atoms with Gasteiger partial charge in [-0.15, -0.1) is 0 Å². The molecule has 0 saturated carbocycles. The van der Waals surface area contributed by atoms with E-state index in [4.69, 9.17) is 15.2 Å². The highest BCUT2D eigenvalue weighted by Gasteiger charge is 2.03. The van der Waals surface area contributed by atoms with E-state index in [0.717, 1.165) is 11.4 Å². The summed E-state index contributed by atoms with van der Waals surface area (Å²) in [7, 11) is 1.60. The minimum absolute atomic E-state index is 0.197. The molecule has 0 aliphatic carbocycles. The summed E-state index contributed by atoms with van der Waals surface area (Å²) in [5.41, 5.74) is 6.30. The van der Waals surface area contributed by atoms with E-state index in [2.05, 4.69) is 9.97 Å². The second-order valence-electron chi connectivity index (χ2n) is 3.49. The molecule has 0 amide bonds. The predicted molar refractivity (Wildman–Crippen MR) is 64.2 cm³/mol. The lowest BCUT2D eigenvalue weighted by Crippen LogP contribution is -1.98. The van der Waals surface area contributed by atoms with Gasteiger partial charge in [0.15, 0.2) is 0 Å². The van der Waals surface area contributed by atoms with Gasteiger partial charge >= 0.3 is 0 Å². The maximum atomic E-state index is 5.57. The molecule has 2 aromatic rings. The molecule has 17 heavy (non-hydrogen) atoms. The summed E-state index contributed by atoms with van der Waals surface area (Å²) < 4.78 is 10.7. The van der Waals surface area contributed by atoms with Crippen molar-refractivity contribution in [2.75, 3.05) is 12.8 Å². The van der Waals surface area contributed by atoms with Crippen LogP contribution in [0, 0.1) is 6.92 Å². The van der Waals surface area contributed by atoms with Crippen molar-refractivity contribution in [1.82, 2.24) is 9.97 Å². The van der Waals surface area contributed by atoms with Gasteiger partial charge in [-0.3, -0.25) is 0 Å². The summed E-state index contributed by atoms with van der Waals surface area (Å²) in [6.45, 7) is 1.83. The van der Waals surface area contributed by atoms with Gasteiger partial charge in [-0.25, -0.2) is 4.98 Å². The Hall–Kier alpha value is -2.30. The van der Waals surface area contributed by atoms with E-state index >= 15 is 0 Å². The van der Waals surface area contributed by atoms with Gasteiger partial charge in [-0.05, 0) is 19.1 Å². The fourth-order valence-corrected chi connectivity index (χ4v) is 1.40. The van der Waals surface area contributed by atoms with Gasteiger partial charge in [-0.2, -0.15) is 4.98 Å². The SMILES string of the molecule is COc1cccc(Oc2cc(C)nc(N)n2)c1. The monoisotopic (exact) mass is 231 g/mol. The summed E-state index contributed by atoms with van der Waals surface area (Å²) in [4.78, 5) is 7.96. The quantitative estimate of drug-likeness (QED) is 0.876. The predicted octanol–water partition coefficient (Wildman–Crippen LogP) is 2.17. The minimum Gasteiger partial charge on any atom is -0.497 e. The first kappa shape index (κ1) is 11.2. The number of nitrogen functional groups attached to an aromatic ring is 1. The van der Waals surface area contributed by atoms with E-state index in [0.29, 0.717) is 11.6 Å². The van der Waals surface area contributed by atoms with Gasteiger partial charge < -0.3 is 15.2 Å². The number of hydrogen-bond acceptors (Lipinski definition) is 5. The smallest absolute Gasteiger partial charge is 0.224 e. The van der Waals surface area contributed by atoms with Crippen LogP contribution in [0.3, 0.4) is 0 Å². The number of methoxy groups -OCH3 is 1. The number of aromatic nitrogens is 2. The van der Waals surface area contributed by atoms with Gasteiger partial charge in [0.1, 0.15) is 11.5 Å². The fraction of sp³-hybridized carbons (Fsp3) is 0.167. The molecule has 0 aliphatic heterocycles. The summed E-state index contributed by atoms with van der Waals surface area (Å²) in [5, 5.41) is 0. The molecule has 1 heterocycles. The maximum absolute atomic E-state index is 5.57. The standard InChI is InChI=1S/C12H13N3O2/c1-8-6-11(15-12(13)14-8)17-10-5-3-4-9(7-10)16-2/h3-7H,1-2H3,(H2,13,14,15). The molecule has 1 aromatic carbocycles. The molecular weight excluding hydrogens is 218 g/mol. The summed E-state index contributed by atoms with van der Waals surface area (Å²) in [5.74, 6) is 1.98. The molecule has 0 radical (unpaired) electrons. The third-order valence-electron chi connectivity index (χ3n) is 2.11. The van der Waals surface area contributed by atoms with Gasteiger partial charge in [-0.1, -0.05) is 6.07 Å². The lowest BCUT2D eigenvalue weighted by molar-refractivity contribution is 0.407. The van der Waals surface area contributed by atoms with Crippen molar-refractivity contribution in [3.8, 4) is 17.4 Å². The van der Waals surface area contributed by atoms with Gasteiger partial charge in [0.25, 0.3) is 0 Å². The van der Waals surface area contributed by atoms with E-state index in [1.54, 1.807) is 19.2 Å². The Balaban J connectivity index is 2.24. The normalized spacial score (nSPS) is 10.0. The Bertz CT molecular complexity index is 509. The molecule has 1 aromatic heterocycles. The van der Waals surface area contributed by atoms with E-state index in [-0.39, 0.29) is 5.95 Å². The first-order valence-electron chi connectivity index (χ1n) is 5.10. The van der Waals surface area contributed by atoms with Crippen LogP contribution >= 0.6 is 0 Å². The van der Waals surface area contributed by atoms with Crippen LogP contribution in [0.25, 0.3) is 0 Å². The van der Waals surface area contributed by atoms with E-state index in [1.165, 1.54) is 0 Å². The molecule has 0 bridgehead atoms. The average molecular weight is 231 g/mol. The van der Waals surface area contributed by atoms with Gasteiger partial charge in [0.2, 0.25) is 11.8 Å². The molecule has 0 unspecified atom stereocenters. The third-order valence-corrected chi connectivity index (χ3v) is 2.11. The van der Waals surface area contributed by atoms with Crippen LogP contribution in [0.5, 0.6) is 17.4 Å². The molecule has 2 N–H and O–H groups in total. The molecule has 0 saturated heterocycles. The molecular formula is C12H13N3O2. The van der Waals surface area contributed by atoms with Crippen LogP contribution in [0.1, 0.15) is 5.69 Å². The molecule has 5 nitrogen and oxygen atoms in total. The third kappa shape index (κ3) is 2.84. The van der Waals surface area contributed by atoms with Crippen molar-refractivity contribution in [3.63, 3.8) is 0 Å². The highest BCUT2D eigenvalue weighted by molar-refractivity contribution is 5.36. The molecule has 5 heteroatoms. The molecule has 0 atom stereocenters. The van der Waals surface area contributed by atoms with Gasteiger partial charge in [0.05, 0.1) is 7.11 Å². The van der Waals surface area contributed by atoms with Crippen LogP contribution < -0.4 is 15.2 Å². The van der Waals surface area contributed by atoms with E-state index in [9.17, 15) is 0 Å². The Morgan fingerprint density at radius 3 is 2.59 bits per heavy atom. The zero-order valence-corrected chi connectivity index (χ0v) is 9.68. The second-order valence-corrected chi connectivity index (χ2v) is 3.49. The van der Waals surface area contributed by atoms with Crippen molar-refractivity contribution in [3.05, 3.63) is 36.0 Å². The van der Waals surface area contributed by atoms with Crippen LogP contribution in [-0.4, -0.2) is 17.1 Å². The molecule has 0 fully saturated rings. The number of hydrogen-bond donors (Lipinski definition) is 1. The maximum Gasteiger partial charge on any atom is 0.224 e. The lowest BCUT2D eigenvalue weighted by atomic mass is 10.3. The highest BCUT2D eigenvalue weighted by atomic mass is 16.5. The molecule has 88 valence electrons. The lowest BCUT2D eigenvalue weighted by Gasteiger charge is -2.07. The largest absolute Gasteiger partial charge is 0.497 e. The zero-order valence-electron chi connectivity index (χ0n) is 9.68. The summed E-state index contributed by atoms with van der Waals surface area (Å²) in [6.07, 6.45) is 0. The van der Waals surface area contributed by atoms with E-state index < -0.39 is 0 Å². The number of rotatable bonds is 3. The van der Waals surface area contributed by atoms with Crippen LogP contribution in [0.4, 0.5) is 5.95 Å². The van der Waals surface area contributed by atoms with E-state index in [1.807, 2.05) is 25.1 Å².